The molecule has 1 rings (SSSR count). The van der Waals surface area contributed by atoms with Crippen molar-refractivity contribution in [1.29, 1.82) is 5.26 Å². The number of hydrogen-bond acceptors (Lipinski definition) is 2. The number of halogens is 1. The van der Waals surface area contributed by atoms with Gasteiger partial charge in [-0.05, 0) is 23.1 Å². The number of benzene rings is 1. The zero-order valence-electron chi connectivity index (χ0n) is 9.92. The van der Waals surface area contributed by atoms with Gasteiger partial charge in [0.15, 0.2) is 0 Å². The summed E-state index contributed by atoms with van der Waals surface area (Å²) in [4.78, 5) is 0. The largest absolute Gasteiger partial charge is 0.297 e. The van der Waals surface area contributed by atoms with Gasteiger partial charge in [-0.25, -0.2) is 4.39 Å². The minimum atomic E-state index is -0.245. The minimum absolute atomic E-state index is 0.0251. The molecule has 0 saturated heterocycles. The van der Waals surface area contributed by atoms with Gasteiger partial charge in [0, 0.05) is 6.04 Å². The zero-order chi connectivity index (χ0) is 12.2. The van der Waals surface area contributed by atoms with E-state index in [0.717, 1.165) is 5.56 Å². The molecule has 16 heavy (non-hydrogen) atoms. The van der Waals surface area contributed by atoms with Crippen LogP contribution in [0, 0.1) is 22.6 Å². The molecule has 2 nitrogen and oxygen atoms in total. The number of nitriles is 1. The minimum Gasteiger partial charge on any atom is -0.297 e. The second kappa shape index (κ2) is 5.09. The number of rotatable bonds is 3. The Morgan fingerprint density at radius 2 is 2.12 bits per heavy atom. The molecule has 0 aromatic heterocycles. The summed E-state index contributed by atoms with van der Waals surface area (Å²) < 4.78 is 13.1. The van der Waals surface area contributed by atoms with Gasteiger partial charge >= 0.3 is 0 Å². The smallest absolute Gasteiger partial charge is 0.123 e. The summed E-state index contributed by atoms with van der Waals surface area (Å²) in [5.74, 6) is -0.245. The molecule has 0 spiro atoms. The lowest BCUT2D eigenvalue weighted by molar-refractivity contribution is 0.280. The van der Waals surface area contributed by atoms with Crippen LogP contribution in [0.2, 0.25) is 0 Å². The van der Waals surface area contributed by atoms with Crippen molar-refractivity contribution in [2.75, 3.05) is 6.54 Å². The molecular weight excluding hydrogens is 203 g/mol. The molecule has 0 heterocycles. The van der Waals surface area contributed by atoms with Crippen molar-refractivity contribution in [3.63, 3.8) is 0 Å². The lowest BCUT2D eigenvalue weighted by Crippen LogP contribution is -2.32. The normalized spacial score (nSPS) is 13.2. The van der Waals surface area contributed by atoms with Crippen LogP contribution in [0.25, 0.3) is 0 Å². The molecule has 0 amide bonds. The first-order valence-electron chi connectivity index (χ1n) is 5.31. The molecule has 0 fully saturated rings. The van der Waals surface area contributed by atoms with Gasteiger partial charge < -0.3 is 0 Å². The highest BCUT2D eigenvalue weighted by Crippen LogP contribution is 2.32. The predicted molar refractivity (Wildman–Crippen MR) is 62.2 cm³/mol. The lowest BCUT2D eigenvalue weighted by Gasteiger charge is -2.31. The van der Waals surface area contributed by atoms with E-state index in [-0.39, 0.29) is 23.8 Å². The van der Waals surface area contributed by atoms with Gasteiger partial charge in [-0.15, -0.1) is 0 Å². The van der Waals surface area contributed by atoms with Crippen LogP contribution in [0.3, 0.4) is 0 Å². The first-order valence-corrected chi connectivity index (χ1v) is 5.31. The quantitative estimate of drug-likeness (QED) is 0.795. The zero-order valence-corrected chi connectivity index (χ0v) is 9.92. The van der Waals surface area contributed by atoms with Gasteiger partial charge in [0.1, 0.15) is 5.82 Å². The molecule has 3 heteroatoms. The van der Waals surface area contributed by atoms with Crippen LogP contribution in [0.5, 0.6) is 0 Å². The maximum atomic E-state index is 13.1. The number of nitrogens with zero attached hydrogens (tertiary/aromatic N) is 1. The molecule has 0 bridgehead atoms. The summed E-state index contributed by atoms with van der Waals surface area (Å²) in [5, 5.41) is 11.7. The standard InChI is InChI=1S/C13H17FN2/c1-13(2,3)12(16-8-7-15)10-5-4-6-11(14)9-10/h4-6,9,12,16H,8H2,1-3H3. The second-order valence-electron chi connectivity index (χ2n) is 4.89. The highest BCUT2D eigenvalue weighted by atomic mass is 19.1. The van der Waals surface area contributed by atoms with Gasteiger partial charge in [0.25, 0.3) is 0 Å². The monoisotopic (exact) mass is 220 g/mol. The maximum absolute atomic E-state index is 13.1. The van der Waals surface area contributed by atoms with E-state index in [1.807, 2.05) is 12.1 Å². The fraction of sp³-hybridized carbons (Fsp3) is 0.462. The van der Waals surface area contributed by atoms with E-state index < -0.39 is 0 Å². The van der Waals surface area contributed by atoms with E-state index in [0.29, 0.717) is 0 Å². The van der Waals surface area contributed by atoms with Gasteiger partial charge in [-0.1, -0.05) is 32.9 Å². The molecule has 1 atom stereocenters. The number of hydrogen-bond donors (Lipinski definition) is 1. The van der Waals surface area contributed by atoms with Crippen LogP contribution in [-0.4, -0.2) is 6.54 Å². The third-order valence-corrected chi connectivity index (χ3v) is 2.43. The molecule has 0 radical (unpaired) electrons. The maximum Gasteiger partial charge on any atom is 0.123 e. The summed E-state index contributed by atoms with van der Waals surface area (Å²) in [6, 6.07) is 8.53. The van der Waals surface area contributed by atoms with Crippen LogP contribution in [0.15, 0.2) is 24.3 Å². The van der Waals surface area contributed by atoms with Crippen molar-refractivity contribution in [3.05, 3.63) is 35.6 Å². The van der Waals surface area contributed by atoms with Gasteiger partial charge in [-0.3, -0.25) is 5.32 Å². The second-order valence-corrected chi connectivity index (χ2v) is 4.89. The topological polar surface area (TPSA) is 35.8 Å². The Labute approximate surface area is 96.1 Å². The first-order chi connectivity index (χ1) is 7.45. The summed E-state index contributed by atoms with van der Waals surface area (Å²) in [6.07, 6.45) is 0. The number of nitrogens with one attached hydrogen (secondary N) is 1. The molecule has 0 saturated carbocycles. The lowest BCUT2D eigenvalue weighted by atomic mass is 9.82. The SMILES string of the molecule is CC(C)(C)C(NCC#N)c1cccc(F)c1. The Morgan fingerprint density at radius 1 is 1.44 bits per heavy atom. The third kappa shape index (κ3) is 3.32. The highest BCUT2D eigenvalue weighted by Gasteiger charge is 2.25. The van der Waals surface area contributed by atoms with Crippen LogP contribution in [0.1, 0.15) is 32.4 Å². The molecule has 0 aliphatic carbocycles. The van der Waals surface area contributed by atoms with Crippen molar-refractivity contribution in [1.82, 2.24) is 5.32 Å². The van der Waals surface area contributed by atoms with Crippen LogP contribution in [0.4, 0.5) is 4.39 Å². The van der Waals surface area contributed by atoms with Gasteiger partial charge in [0.05, 0.1) is 12.6 Å². The fourth-order valence-electron chi connectivity index (χ4n) is 1.76. The summed E-state index contributed by atoms with van der Waals surface area (Å²) in [5.41, 5.74) is 0.813. The Kier molecular flexibility index (Phi) is 4.03. The Bertz CT molecular complexity index is 388. The Morgan fingerprint density at radius 3 is 2.62 bits per heavy atom. The van der Waals surface area contributed by atoms with Gasteiger partial charge in [-0.2, -0.15) is 5.26 Å². The van der Waals surface area contributed by atoms with Crippen molar-refractivity contribution in [2.24, 2.45) is 5.41 Å². The first kappa shape index (κ1) is 12.7. The molecule has 0 aliphatic heterocycles. The van der Waals surface area contributed by atoms with Crippen molar-refractivity contribution in [2.45, 2.75) is 26.8 Å². The van der Waals surface area contributed by atoms with Crippen LogP contribution >= 0.6 is 0 Å². The average molecular weight is 220 g/mol. The van der Waals surface area contributed by atoms with E-state index in [1.165, 1.54) is 12.1 Å². The van der Waals surface area contributed by atoms with E-state index in [2.05, 4.69) is 26.1 Å². The van der Waals surface area contributed by atoms with E-state index >= 15 is 0 Å². The average Bonchev–Trinajstić information content (AvgIpc) is 2.16. The molecule has 86 valence electrons. The van der Waals surface area contributed by atoms with Crippen molar-refractivity contribution < 1.29 is 4.39 Å². The Hall–Kier alpha value is -1.40. The fourth-order valence-corrected chi connectivity index (χ4v) is 1.76. The summed E-state index contributed by atoms with van der Waals surface area (Å²) in [6.45, 7) is 6.45. The Balaban J connectivity index is 2.97. The summed E-state index contributed by atoms with van der Waals surface area (Å²) in [7, 11) is 0. The van der Waals surface area contributed by atoms with Crippen molar-refractivity contribution in [3.8, 4) is 6.07 Å². The van der Waals surface area contributed by atoms with Gasteiger partial charge in [0.2, 0.25) is 0 Å². The third-order valence-electron chi connectivity index (χ3n) is 2.43. The molecule has 0 aliphatic rings. The molecular formula is C13H17FN2. The van der Waals surface area contributed by atoms with Crippen molar-refractivity contribution >= 4 is 0 Å². The highest BCUT2D eigenvalue weighted by molar-refractivity contribution is 5.22. The van der Waals surface area contributed by atoms with E-state index in [9.17, 15) is 4.39 Å². The van der Waals surface area contributed by atoms with E-state index in [1.54, 1.807) is 6.07 Å². The molecule has 1 N–H and O–H groups in total. The molecule has 1 aromatic carbocycles. The summed E-state index contributed by atoms with van der Waals surface area (Å²) >= 11 is 0. The van der Waals surface area contributed by atoms with E-state index in [4.69, 9.17) is 5.26 Å². The van der Waals surface area contributed by atoms with Crippen LogP contribution in [-0.2, 0) is 0 Å². The predicted octanol–water partition coefficient (Wildman–Crippen LogP) is 3.03. The van der Waals surface area contributed by atoms with Crippen LogP contribution < -0.4 is 5.32 Å². The molecule has 1 unspecified atom stereocenters. The molecule has 1 aromatic rings.